The van der Waals surface area contributed by atoms with Crippen LogP contribution in [0.2, 0.25) is 0 Å². The number of ether oxygens (including phenoxy) is 1. The lowest BCUT2D eigenvalue weighted by molar-refractivity contribution is 0.0602. The summed E-state index contributed by atoms with van der Waals surface area (Å²) < 4.78 is 6.63. The molecule has 1 N–H and O–H groups in total. The molecule has 0 bridgehead atoms. The van der Waals surface area contributed by atoms with Crippen LogP contribution < -0.4 is 0 Å². The number of carbonyl (C=O) groups excluding carboxylic acids is 1. The van der Waals surface area contributed by atoms with Crippen molar-refractivity contribution < 1.29 is 9.53 Å². The van der Waals surface area contributed by atoms with Crippen LogP contribution in [0.4, 0.5) is 0 Å². The van der Waals surface area contributed by atoms with Crippen LogP contribution in [0.5, 0.6) is 0 Å². The van der Waals surface area contributed by atoms with Crippen LogP contribution in [0.15, 0.2) is 42.6 Å². The molecule has 4 rings (SSSR count). The van der Waals surface area contributed by atoms with Gasteiger partial charge in [0.05, 0.1) is 57.8 Å². The number of halogens is 1. The van der Waals surface area contributed by atoms with Gasteiger partial charge in [-0.15, -0.1) is 0 Å². The standard InChI is InChI=1S/C16H11IN4O2/c1-23-16(22)10-6-7-18-12-8-13(19-14(10)12)15-9-4-2-3-5-11(9)20-21(15)17/h2-8,19H,1H3. The SMILES string of the molecule is COC(=O)c1ccnc2cc(-c3c4ccccc4nn3I)[nH]c12. The highest BCUT2D eigenvalue weighted by Gasteiger charge is 2.17. The van der Waals surface area contributed by atoms with Gasteiger partial charge in [-0.2, -0.15) is 5.10 Å². The van der Waals surface area contributed by atoms with Crippen molar-refractivity contribution in [1.29, 1.82) is 0 Å². The maximum Gasteiger partial charge on any atom is 0.340 e. The van der Waals surface area contributed by atoms with Gasteiger partial charge < -0.3 is 9.72 Å². The van der Waals surface area contributed by atoms with Gasteiger partial charge in [-0.25, -0.2) is 7.69 Å². The van der Waals surface area contributed by atoms with Crippen molar-refractivity contribution in [3.8, 4) is 11.4 Å². The van der Waals surface area contributed by atoms with Gasteiger partial charge in [0.25, 0.3) is 0 Å². The predicted octanol–water partition coefficient (Wildman–Crippen LogP) is 3.56. The Bertz CT molecular complexity index is 1050. The molecular weight excluding hydrogens is 407 g/mol. The minimum absolute atomic E-state index is 0.390. The number of pyridine rings is 1. The number of rotatable bonds is 2. The van der Waals surface area contributed by atoms with E-state index in [1.54, 1.807) is 15.2 Å². The second-order valence-electron chi connectivity index (χ2n) is 5.02. The molecule has 1 aromatic carbocycles. The van der Waals surface area contributed by atoms with E-state index in [-0.39, 0.29) is 0 Å². The average Bonchev–Trinajstić information content (AvgIpc) is 3.12. The first-order chi connectivity index (χ1) is 11.2. The van der Waals surface area contributed by atoms with E-state index in [2.05, 4.69) is 37.9 Å². The van der Waals surface area contributed by atoms with Gasteiger partial charge in [-0.3, -0.25) is 4.98 Å². The Morgan fingerprint density at radius 1 is 1.26 bits per heavy atom. The highest BCUT2D eigenvalue weighted by molar-refractivity contribution is 14.1. The lowest BCUT2D eigenvalue weighted by Gasteiger charge is -2.00. The van der Waals surface area contributed by atoms with Crippen LogP contribution in [-0.2, 0) is 4.74 Å². The van der Waals surface area contributed by atoms with Crippen molar-refractivity contribution in [3.05, 3.63) is 48.2 Å². The van der Waals surface area contributed by atoms with Gasteiger partial charge >= 0.3 is 5.97 Å². The van der Waals surface area contributed by atoms with Gasteiger partial charge in [0.2, 0.25) is 0 Å². The maximum atomic E-state index is 11.9. The lowest BCUT2D eigenvalue weighted by Crippen LogP contribution is -2.02. The summed E-state index contributed by atoms with van der Waals surface area (Å²) >= 11 is 2.14. The minimum atomic E-state index is -0.390. The Labute approximate surface area is 145 Å². The second kappa shape index (κ2) is 5.34. The van der Waals surface area contributed by atoms with Gasteiger partial charge in [0.15, 0.2) is 0 Å². The van der Waals surface area contributed by atoms with E-state index in [1.165, 1.54) is 7.11 Å². The highest BCUT2D eigenvalue weighted by Crippen LogP contribution is 2.32. The molecule has 23 heavy (non-hydrogen) atoms. The topological polar surface area (TPSA) is 72.8 Å². The first-order valence-electron chi connectivity index (χ1n) is 6.89. The van der Waals surface area contributed by atoms with Gasteiger partial charge in [-0.1, -0.05) is 18.2 Å². The van der Waals surface area contributed by atoms with Gasteiger partial charge in [0.1, 0.15) is 5.69 Å². The third kappa shape index (κ3) is 2.19. The number of nitrogens with one attached hydrogen (secondary N) is 1. The molecule has 3 aromatic heterocycles. The number of benzene rings is 1. The van der Waals surface area contributed by atoms with Crippen molar-refractivity contribution in [2.45, 2.75) is 0 Å². The second-order valence-corrected chi connectivity index (χ2v) is 5.93. The number of esters is 1. The fourth-order valence-electron chi connectivity index (χ4n) is 2.68. The molecule has 3 heterocycles. The lowest BCUT2D eigenvalue weighted by atomic mass is 10.2. The average molecular weight is 418 g/mol. The molecule has 0 saturated heterocycles. The Hall–Kier alpha value is -2.42. The smallest absolute Gasteiger partial charge is 0.340 e. The number of H-pyrrole nitrogens is 1. The number of aromatic nitrogens is 4. The molecule has 0 fully saturated rings. The zero-order chi connectivity index (χ0) is 16.0. The molecule has 0 aliphatic heterocycles. The van der Waals surface area contributed by atoms with Crippen molar-refractivity contribution in [2.75, 3.05) is 7.11 Å². The molecule has 0 aliphatic carbocycles. The normalized spacial score (nSPS) is 11.2. The van der Waals surface area contributed by atoms with Crippen LogP contribution in [0, 0.1) is 0 Å². The van der Waals surface area contributed by atoms with Gasteiger partial charge in [0, 0.05) is 11.6 Å². The summed E-state index contributed by atoms with van der Waals surface area (Å²) in [6, 6.07) is 11.5. The summed E-state index contributed by atoms with van der Waals surface area (Å²) in [5.74, 6) is -0.390. The molecule has 4 aromatic rings. The third-order valence-corrected chi connectivity index (χ3v) is 4.42. The molecule has 7 heteroatoms. The molecular formula is C16H11IN4O2. The number of fused-ring (bicyclic) bond motifs is 2. The van der Waals surface area contributed by atoms with Crippen LogP contribution in [0.3, 0.4) is 0 Å². The van der Waals surface area contributed by atoms with E-state index in [9.17, 15) is 4.79 Å². The van der Waals surface area contributed by atoms with E-state index >= 15 is 0 Å². The van der Waals surface area contributed by atoms with E-state index in [4.69, 9.17) is 4.74 Å². The Kier molecular flexibility index (Phi) is 3.29. The summed E-state index contributed by atoms with van der Waals surface area (Å²) in [6.45, 7) is 0. The molecule has 0 aliphatic rings. The summed E-state index contributed by atoms with van der Waals surface area (Å²) in [5.41, 5.74) is 4.55. The Balaban J connectivity index is 1.99. The molecule has 0 amide bonds. The summed E-state index contributed by atoms with van der Waals surface area (Å²) in [5, 5.41) is 5.54. The largest absolute Gasteiger partial charge is 0.465 e. The van der Waals surface area contributed by atoms with Crippen molar-refractivity contribution in [2.24, 2.45) is 0 Å². The molecule has 6 nitrogen and oxygen atoms in total. The number of nitrogens with zero attached hydrogens (tertiary/aromatic N) is 3. The molecule has 0 unspecified atom stereocenters. The van der Waals surface area contributed by atoms with E-state index in [0.29, 0.717) is 16.6 Å². The summed E-state index contributed by atoms with van der Waals surface area (Å²) in [4.78, 5) is 19.5. The third-order valence-electron chi connectivity index (χ3n) is 3.72. The quantitative estimate of drug-likeness (QED) is 0.399. The molecule has 0 atom stereocenters. The van der Waals surface area contributed by atoms with Crippen LogP contribution in [0.25, 0.3) is 33.3 Å². The summed E-state index contributed by atoms with van der Waals surface area (Å²) in [6.07, 6.45) is 1.60. The molecule has 114 valence electrons. The van der Waals surface area contributed by atoms with E-state index in [0.717, 1.165) is 22.3 Å². The van der Waals surface area contributed by atoms with Crippen LogP contribution >= 0.6 is 22.9 Å². The Morgan fingerprint density at radius 3 is 2.91 bits per heavy atom. The highest BCUT2D eigenvalue weighted by atomic mass is 127. The fraction of sp³-hybridized carbons (Fsp3) is 0.0625. The van der Waals surface area contributed by atoms with Crippen LogP contribution in [-0.4, -0.2) is 31.0 Å². The number of hydrogen-bond acceptors (Lipinski definition) is 4. The number of hydrogen-bond donors (Lipinski definition) is 1. The molecule has 0 spiro atoms. The Morgan fingerprint density at radius 2 is 2.09 bits per heavy atom. The molecule has 0 saturated carbocycles. The van der Waals surface area contributed by atoms with Gasteiger partial charge in [-0.05, 0) is 18.2 Å². The zero-order valence-electron chi connectivity index (χ0n) is 12.1. The van der Waals surface area contributed by atoms with Crippen molar-refractivity contribution in [3.63, 3.8) is 0 Å². The maximum absolute atomic E-state index is 11.9. The number of methoxy groups -OCH3 is 1. The monoisotopic (exact) mass is 418 g/mol. The van der Waals surface area contributed by atoms with E-state index in [1.807, 2.05) is 30.3 Å². The first-order valence-corrected chi connectivity index (χ1v) is 7.86. The summed E-state index contributed by atoms with van der Waals surface area (Å²) in [7, 11) is 1.37. The zero-order valence-corrected chi connectivity index (χ0v) is 14.2. The van der Waals surface area contributed by atoms with E-state index < -0.39 is 5.97 Å². The number of aromatic amines is 1. The molecule has 0 radical (unpaired) electrons. The minimum Gasteiger partial charge on any atom is -0.465 e. The predicted molar refractivity (Wildman–Crippen MR) is 95.6 cm³/mol. The number of carbonyl (C=O) groups is 1. The van der Waals surface area contributed by atoms with Crippen molar-refractivity contribution in [1.82, 2.24) is 18.0 Å². The van der Waals surface area contributed by atoms with Crippen molar-refractivity contribution >= 4 is 50.8 Å². The van der Waals surface area contributed by atoms with Crippen LogP contribution in [0.1, 0.15) is 10.4 Å². The fourth-order valence-corrected chi connectivity index (χ4v) is 3.44. The first kappa shape index (κ1) is 14.2.